The third kappa shape index (κ3) is 9.04. The fourth-order valence-electron chi connectivity index (χ4n) is 0.0913. The summed E-state index contributed by atoms with van der Waals surface area (Å²) < 4.78 is 4.44. The largest absolute Gasteiger partial charge is 0.394 e. The smallest absolute Gasteiger partial charge is 0.0693 e. The minimum Gasteiger partial charge on any atom is -0.394 e. The molecule has 0 amide bonds. The maximum absolute atomic E-state index is 7.94. The van der Waals surface area contributed by atoms with E-state index in [0.717, 1.165) is 0 Å². The summed E-state index contributed by atoms with van der Waals surface area (Å²) in [6.45, 7) is 0.566. The van der Waals surface area contributed by atoms with Gasteiger partial charge in [-0.2, -0.15) is 0 Å². The van der Waals surface area contributed by atoms with Gasteiger partial charge in [0.1, 0.15) is 0 Å². The van der Waals surface area contributed by atoms with Crippen molar-refractivity contribution in [3.05, 3.63) is 0 Å². The van der Waals surface area contributed by atoms with E-state index in [1.54, 1.807) is 7.11 Å². The molecule has 0 saturated heterocycles. The van der Waals surface area contributed by atoms with Crippen molar-refractivity contribution in [1.82, 2.24) is 0 Å². The summed E-state index contributed by atoms with van der Waals surface area (Å²) in [6.07, 6.45) is 0. The molecule has 0 rings (SSSR count). The molecule has 0 bridgehead atoms. The molecule has 0 spiro atoms. The molecule has 0 aliphatic rings. The summed E-state index contributed by atoms with van der Waals surface area (Å²) in [5, 5.41) is 7.94. The summed E-state index contributed by atoms with van der Waals surface area (Å²) in [4.78, 5) is 0. The summed E-state index contributed by atoms with van der Waals surface area (Å²) in [5.74, 6) is 0. The van der Waals surface area contributed by atoms with Crippen LogP contribution in [0.25, 0.3) is 0 Å². The van der Waals surface area contributed by atoms with Gasteiger partial charge in [-0.25, -0.2) is 0 Å². The van der Waals surface area contributed by atoms with Gasteiger partial charge in [0.25, 0.3) is 0 Å². The molecule has 2 nitrogen and oxygen atoms in total. The van der Waals surface area contributed by atoms with Gasteiger partial charge in [-0.3, -0.25) is 0 Å². The van der Waals surface area contributed by atoms with Gasteiger partial charge in [0.2, 0.25) is 0 Å². The third-order valence-electron chi connectivity index (χ3n) is 0.295. The monoisotopic (exact) mass is 164 g/mol. The summed E-state index contributed by atoms with van der Waals surface area (Å²) in [6, 6.07) is 0. The Balaban J connectivity index is 0. The van der Waals surface area contributed by atoms with Crippen molar-refractivity contribution in [2.45, 2.75) is 0 Å². The van der Waals surface area contributed by atoms with Crippen molar-refractivity contribution in [2.24, 2.45) is 0 Å². The van der Waals surface area contributed by atoms with Gasteiger partial charge >= 0.3 is 0 Å². The van der Waals surface area contributed by atoms with Crippen LogP contribution in [0.3, 0.4) is 0 Å². The van der Waals surface area contributed by atoms with Crippen LogP contribution in [0.2, 0.25) is 0 Å². The van der Waals surface area contributed by atoms with Crippen LogP contribution in [0, 0.1) is 0 Å². The van der Waals surface area contributed by atoms with Crippen LogP contribution < -0.4 is 0 Å². The maximum Gasteiger partial charge on any atom is 0.0693 e. The average Bonchev–Trinajstić information content (AvgIpc) is 1.41. The maximum atomic E-state index is 7.94. The van der Waals surface area contributed by atoms with Crippen molar-refractivity contribution < 1.29 is 9.84 Å². The number of rotatable bonds is 2. The van der Waals surface area contributed by atoms with Crippen molar-refractivity contribution in [1.29, 1.82) is 0 Å². The number of ether oxygens (including phenoxy) is 1. The average molecular weight is 164 g/mol. The van der Waals surface area contributed by atoms with Crippen LogP contribution in [0.4, 0.5) is 0 Å². The van der Waals surface area contributed by atoms with Crippen LogP contribution in [0.15, 0.2) is 0 Å². The van der Waals surface area contributed by atoms with E-state index in [1.165, 1.54) is 0 Å². The van der Waals surface area contributed by atoms with E-state index in [9.17, 15) is 0 Å². The van der Waals surface area contributed by atoms with Gasteiger partial charge in [-0.1, -0.05) is 0 Å². The number of aliphatic hydroxyl groups is 1. The van der Waals surface area contributed by atoms with Crippen molar-refractivity contribution in [3.63, 3.8) is 0 Å². The van der Waals surface area contributed by atoms with Crippen LogP contribution in [-0.2, 0) is 4.74 Å². The van der Waals surface area contributed by atoms with E-state index in [0.29, 0.717) is 6.61 Å². The molecule has 2 radical (unpaired) electrons. The van der Waals surface area contributed by atoms with E-state index in [1.807, 2.05) is 0 Å². The Hall–Kier alpha value is 1.40. The zero-order valence-electron chi connectivity index (χ0n) is 3.98. The third-order valence-corrected chi connectivity index (χ3v) is 0.295. The molecule has 0 atom stereocenters. The first-order valence-corrected chi connectivity index (χ1v) is 1.51. The Kier molecular flexibility index (Phi) is 16.7. The zero-order valence-corrected chi connectivity index (χ0v) is 7.45. The first-order chi connectivity index (χ1) is 2.41. The van der Waals surface area contributed by atoms with Gasteiger partial charge in [0.15, 0.2) is 0 Å². The molecule has 0 unspecified atom stereocenters. The summed E-state index contributed by atoms with van der Waals surface area (Å²) in [7, 11) is 1.55. The second kappa shape index (κ2) is 9.64. The van der Waals surface area contributed by atoms with Gasteiger partial charge < -0.3 is 9.84 Å². The minimum absolute atomic E-state index is 0. The van der Waals surface area contributed by atoms with Gasteiger partial charge in [-0.15, -0.1) is 0 Å². The van der Waals surface area contributed by atoms with Gasteiger partial charge in [-0.05, 0) is 0 Å². The Bertz CT molecular complexity index is 16.3. The number of aliphatic hydroxyl groups excluding tert-OH is 1. The zero-order chi connectivity index (χ0) is 4.12. The Morgan fingerprint density at radius 3 is 2.17 bits per heavy atom. The molecule has 6 heavy (non-hydrogen) atoms. The fourth-order valence-corrected chi connectivity index (χ4v) is 0.0913. The first-order valence-electron chi connectivity index (χ1n) is 1.51. The summed E-state index contributed by atoms with van der Waals surface area (Å²) >= 11 is 0. The molecule has 0 saturated carbocycles. The molecule has 0 aliphatic heterocycles. The topological polar surface area (TPSA) is 29.5 Å². The number of hydrogen-bond acceptors (Lipinski definition) is 2. The van der Waals surface area contributed by atoms with Crippen LogP contribution >= 0.6 is 0 Å². The van der Waals surface area contributed by atoms with Crippen LogP contribution in [0.5, 0.6) is 0 Å². The second-order valence-corrected chi connectivity index (χ2v) is 0.716. The van der Waals surface area contributed by atoms with Crippen LogP contribution in [0.1, 0.15) is 0 Å². The molecule has 0 aromatic rings. The molecule has 0 aromatic carbocycles. The van der Waals surface area contributed by atoms with Crippen molar-refractivity contribution >= 4 is 45.5 Å². The predicted octanol–water partition coefficient (Wildman–Crippen LogP) is -0.756. The predicted molar refractivity (Wildman–Crippen MR) is 24.7 cm³/mol. The fraction of sp³-hybridized carbons (Fsp3) is 1.00. The van der Waals surface area contributed by atoms with E-state index in [2.05, 4.69) is 4.74 Å². The number of methoxy groups -OCH3 is 1. The van der Waals surface area contributed by atoms with Gasteiger partial charge in [0, 0.05) is 52.6 Å². The van der Waals surface area contributed by atoms with Crippen molar-refractivity contribution in [3.8, 4) is 0 Å². The minimum atomic E-state index is 0. The Labute approximate surface area is 74.8 Å². The first kappa shape index (κ1) is 10.4. The number of hydrogen-bond donors (Lipinski definition) is 1. The van der Waals surface area contributed by atoms with E-state index >= 15 is 0 Å². The van der Waals surface area contributed by atoms with E-state index in [-0.39, 0.29) is 52.1 Å². The molecule has 0 heterocycles. The molecular weight excluding hydrogens is 156 g/mol. The molecule has 0 aliphatic carbocycles. The standard InChI is InChI=1S/C3H8O2.Sr/c1-5-3-2-4;/h4H,2-3H2,1H3;. The Morgan fingerprint density at radius 2 is 2.17 bits per heavy atom. The molecule has 0 aromatic heterocycles. The normalized spacial score (nSPS) is 7.00. The van der Waals surface area contributed by atoms with E-state index in [4.69, 9.17) is 5.11 Å². The molecular formula is C3H8O2Sr. The second-order valence-electron chi connectivity index (χ2n) is 0.716. The quantitative estimate of drug-likeness (QED) is 0.543. The molecule has 34 valence electrons. The molecule has 1 N–H and O–H groups in total. The Morgan fingerprint density at radius 1 is 1.67 bits per heavy atom. The molecule has 3 heteroatoms. The van der Waals surface area contributed by atoms with Gasteiger partial charge in [0.05, 0.1) is 13.2 Å². The summed E-state index contributed by atoms with van der Waals surface area (Å²) in [5.41, 5.74) is 0. The van der Waals surface area contributed by atoms with Crippen LogP contribution in [-0.4, -0.2) is 70.9 Å². The molecule has 0 fully saturated rings. The van der Waals surface area contributed by atoms with Crippen molar-refractivity contribution in [2.75, 3.05) is 20.3 Å². The SMILES string of the molecule is COCCO.[Sr]. The van der Waals surface area contributed by atoms with E-state index < -0.39 is 0 Å².